The lowest BCUT2D eigenvalue weighted by Gasteiger charge is -2.40. The Labute approximate surface area is 139 Å². The maximum atomic E-state index is 6.08. The topological polar surface area (TPSA) is 68.9 Å². The molecule has 5 nitrogen and oxygen atoms in total. The van der Waals surface area contributed by atoms with Gasteiger partial charge < -0.3 is 20.5 Å². The van der Waals surface area contributed by atoms with E-state index in [4.69, 9.17) is 15.2 Å². The van der Waals surface area contributed by atoms with Crippen LogP contribution in [-0.2, 0) is 0 Å². The third kappa shape index (κ3) is 4.53. The molecule has 1 aromatic rings. The molecule has 0 amide bonds. The van der Waals surface area contributed by atoms with Gasteiger partial charge in [0.25, 0.3) is 0 Å². The Kier molecular flexibility index (Phi) is 6.13. The molecule has 0 heterocycles. The molecule has 0 atom stereocenters. The van der Waals surface area contributed by atoms with Crippen molar-refractivity contribution in [3.05, 3.63) is 18.2 Å². The largest absolute Gasteiger partial charge is 0.494 e. The van der Waals surface area contributed by atoms with Crippen molar-refractivity contribution in [1.82, 2.24) is 0 Å². The van der Waals surface area contributed by atoms with Crippen LogP contribution >= 0.6 is 0 Å². The zero-order valence-corrected chi connectivity index (χ0v) is 14.5. The summed E-state index contributed by atoms with van der Waals surface area (Å²) in [6.07, 6.45) is 4.98. The lowest BCUT2D eigenvalue weighted by molar-refractivity contribution is 0.139. The van der Waals surface area contributed by atoms with E-state index in [2.05, 4.69) is 17.2 Å². The molecule has 1 aliphatic rings. The number of aliphatic imine (C=N–C) groups is 1. The van der Waals surface area contributed by atoms with E-state index in [-0.39, 0.29) is 0 Å². The number of hydrogen-bond donors (Lipinski definition) is 2. The maximum Gasteiger partial charge on any atom is 0.193 e. The summed E-state index contributed by atoms with van der Waals surface area (Å²) in [6, 6.07) is 5.69. The van der Waals surface area contributed by atoms with Crippen molar-refractivity contribution in [2.45, 2.75) is 46.5 Å². The molecule has 1 saturated carbocycles. The van der Waals surface area contributed by atoms with Gasteiger partial charge in [0.2, 0.25) is 0 Å². The molecule has 23 heavy (non-hydrogen) atoms. The first-order valence-corrected chi connectivity index (χ1v) is 8.59. The van der Waals surface area contributed by atoms with E-state index in [0.717, 1.165) is 30.2 Å². The van der Waals surface area contributed by atoms with Gasteiger partial charge in [-0.3, -0.25) is 4.99 Å². The van der Waals surface area contributed by atoms with E-state index in [9.17, 15) is 0 Å². The van der Waals surface area contributed by atoms with Crippen LogP contribution in [0.1, 0.15) is 46.5 Å². The standard InChI is InChI=1S/C18H29N3O2/c1-4-18(10-7-11-18)13-20-17(19)21-15-12-14(22-5-2)8-9-16(15)23-6-3/h8-9,12H,4-7,10-11,13H2,1-3H3,(H3,19,20,21). The third-order valence-corrected chi connectivity index (χ3v) is 4.57. The summed E-state index contributed by atoms with van der Waals surface area (Å²) in [6.45, 7) is 8.16. The number of nitrogens with one attached hydrogen (secondary N) is 1. The van der Waals surface area contributed by atoms with E-state index in [1.54, 1.807) is 0 Å². The maximum absolute atomic E-state index is 6.08. The van der Waals surface area contributed by atoms with Gasteiger partial charge in [0.15, 0.2) is 5.96 Å². The second-order valence-corrected chi connectivity index (χ2v) is 6.06. The predicted molar refractivity (Wildman–Crippen MR) is 95.5 cm³/mol. The van der Waals surface area contributed by atoms with Crippen LogP contribution in [0.2, 0.25) is 0 Å². The average Bonchev–Trinajstić information content (AvgIpc) is 2.50. The Hall–Kier alpha value is -1.91. The Morgan fingerprint density at radius 2 is 1.96 bits per heavy atom. The number of ether oxygens (including phenoxy) is 2. The molecule has 0 saturated heterocycles. The van der Waals surface area contributed by atoms with Crippen LogP contribution in [0, 0.1) is 5.41 Å². The van der Waals surface area contributed by atoms with Crippen molar-refractivity contribution < 1.29 is 9.47 Å². The minimum Gasteiger partial charge on any atom is -0.494 e. The van der Waals surface area contributed by atoms with Gasteiger partial charge in [-0.25, -0.2) is 0 Å². The third-order valence-electron chi connectivity index (χ3n) is 4.57. The van der Waals surface area contributed by atoms with Gasteiger partial charge in [0.05, 0.1) is 18.9 Å². The zero-order chi connectivity index (χ0) is 16.7. The second kappa shape index (κ2) is 8.09. The van der Waals surface area contributed by atoms with Crippen molar-refractivity contribution >= 4 is 11.6 Å². The van der Waals surface area contributed by atoms with Crippen molar-refractivity contribution in [2.24, 2.45) is 16.1 Å². The smallest absolute Gasteiger partial charge is 0.193 e. The van der Waals surface area contributed by atoms with Gasteiger partial charge in [-0.1, -0.05) is 13.3 Å². The van der Waals surface area contributed by atoms with Gasteiger partial charge in [-0.15, -0.1) is 0 Å². The molecule has 0 aromatic heterocycles. The van der Waals surface area contributed by atoms with Crippen molar-refractivity contribution in [3.8, 4) is 11.5 Å². The van der Waals surface area contributed by atoms with E-state index in [0.29, 0.717) is 24.6 Å². The van der Waals surface area contributed by atoms with E-state index >= 15 is 0 Å². The van der Waals surface area contributed by atoms with Crippen LogP contribution in [0.5, 0.6) is 11.5 Å². The molecule has 3 N–H and O–H groups in total. The molecule has 0 spiro atoms. The number of rotatable bonds is 8. The highest BCUT2D eigenvalue weighted by molar-refractivity contribution is 5.94. The van der Waals surface area contributed by atoms with Crippen LogP contribution in [0.4, 0.5) is 5.69 Å². The van der Waals surface area contributed by atoms with Crippen LogP contribution in [0.25, 0.3) is 0 Å². The molecule has 128 valence electrons. The molecular formula is C18H29N3O2. The van der Waals surface area contributed by atoms with Crippen LogP contribution in [-0.4, -0.2) is 25.7 Å². The minimum atomic E-state index is 0.363. The summed E-state index contributed by atoms with van der Waals surface area (Å²) in [5.74, 6) is 1.97. The number of hydrogen-bond acceptors (Lipinski definition) is 3. The Morgan fingerprint density at radius 1 is 1.22 bits per heavy atom. The van der Waals surface area contributed by atoms with Gasteiger partial charge in [-0.2, -0.15) is 0 Å². The first-order chi connectivity index (χ1) is 11.1. The molecular weight excluding hydrogens is 290 g/mol. The molecule has 0 unspecified atom stereocenters. The highest BCUT2D eigenvalue weighted by atomic mass is 16.5. The monoisotopic (exact) mass is 319 g/mol. The summed E-state index contributed by atoms with van der Waals surface area (Å²) < 4.78 is 11.2. The van der Waals surface area contributed by atoms with E-state index in [1.807, 2.05) is 32.0 Å². The summed E-state index contributed by atoms with van der Waals surface area (Å²) in [7, 11) is 0. The number of guanidine groups is 1. The Bertz CT molecular complexity index is 534. The molecule has 0 aliphatic heterocycles. The Morgan fingerprint density at radius 3 is 2.52 bits per heavy atom. The molecule has 0 bridgehead atoms. The molecule has 5 heteroatoms. The molecule has 2 rings (SSSR count). The van der Waals surface area contributed by atoms with Crippen molar-refractivity contribution in [3.63, 3.8) is 0 Å². The normalized spacial score (nSPS) is 16.6. The van der Waals surface area contributed by atoms with Gasteiger partial charge in [0.1, 0.15) is 11.5 Å². The lowest BCUT2D eigenvalue weighted by atomic mass is 9.67. The van der Waals surface area contributed by atoms with Crippen LogP contribution in [0.3, 0.4) is 0 Å². The number of anilines is 1. The van der Waals surface area contributed by atoms with Crippen molar-refractivity contribution in [1.29, 1.82) is 0 Å². The fourth-order valence-corrected chi connectivity index (χ4v) is 2.88. The number of nitrogens with two attached hydrogens (primary N) is 1. The van der Waals surface area contributed by atoms with E-state index in [1.165, 1.54) is 19.3 Å². The summed E-state index contributed by atoms with van der Waals surface area (Å²) >= 11 is 0. The first kappa shape index (κ1) is 17.4. The van der Waals surface area contributed by atoms with Gasteiger partial charge >= 0.3 is 0 Å². The lowest BCUT2D eigenvalue weighted by Crippen LogP contribution is -2.33. The number of nitrogens with zero attached hydrogens (tertiary/aromatic N) is 1. The van der Waals surface area contributed by atoms with Gasteiger partial charge in [-0.05, 0) is 50.7 Å². The predicted octanol–water partition coefficient (Wildman–Crippen LogP) is 3.79. The molecule has 1 fully saturated rings. The summed E-state index contributed by atoms with van der Waals surface area (Å²) in [5.41, 5.74) is 7.23. The fourth-order valence-electron chi connectivity index (χ4n) is 2.88. The number of benzene rings is 1. The molecule has 1 aliphatic carbocycles. The van der Waals surface area contributed by atoms with Crippen LogP contribution < -0.4 is 20.5 Å². The van der Waals surface area contributed by atoms with E-state index < -0.39 is 0 Å². The zero-order valence-electron chi connectivity index (χ0n) is 14.5. The first-order valence-electron chi connectivity index (χ1n) is 8.59. The minimum absolute atomic E-state index is 0.363. The average molecular weight is 319 g/mol. The highest BCUT2D eigenvalue weighted by Crippen LogP contribution is 2.43. The Balaban J connectivity index is 2.08. The van der Waals surface area contributed by atoms with Gasteiger partial charge in [0, 0.05) is 12.6 Å². The summed E-state index contributed by atoms with van der Waals surface area (Å²) in [5, 5.41) is 3.16. The van der Waals surface area contributed by atoms with Crippen LogP contribution in [0.15, 0.2) is 23.2 Å². The van der Waals surface area contributed by atoms with Crippen molar-refractivity contribution in [2.75, 3.05) is 25.1 Å². The molecule has 0 radical (unpaired) electrons. The second-order valence-electron chi connectivity index (χ2n) is 6.06. The highest BCUT2D eigenvalue weighted by Gasteiger charge is 2.34. The fraction of sp³-hybridized carbons (Fsp3) is 0.611. The summed E-state index contributed by atoms with van der Waals surface area (Å²) in [4.78, 5) is 4.55. The quantitative estimate of drug-likeness (QED) is 0.565. The SMILES string of the molecule is CCOc1ccc(OCC)c(NC(N)=NCC2(CC)CCC2)c1. The molecule has 1 aromatic carbocycles.